The van der Waals surface area contributed by atoms with Crippen LogP contribution in [-0.2, 0) is 0 Å². The lowest BCUT2D eigenvalue weighted by Gasteiger charge is -2.23. The Morgan fingerprint density at radius 2 is 1.48 bits per heavy atom. The quantitative estimate of drug-likeness (QED) is 0.425. The Morgan fingerprint density at radius 3 is 2.07 bits per heavy atom. The van der Waals surface area contributed by atoms with Crippen molar-refractivity contribution in [1.29, 1.82) is 0 Å². The van der Waals surface area contributed by atoms with Crippen LogP contribution in [0, 0.1) is 0 Å². The number of benzene rings is 3. The van der Waals surface area contributed by atoms with E-state index in [-0.39, 0.29) is 0 Å². The molecule has 0 bridgehead atoms. The summed E-state index contributed by atoms with van der Waals surface area (Å²) in [7, 11) is 0. The summed E-state index contributed by atoms with van der Waals surface area (Å²) in [5, 5.41) is 0. The van der Waals surface area contributed by atoms with Crippen LogP contribution in [0.4, 0.5) is 5.69 Å². The third-order valence-electron chi connectivity index (χ3n) is 4.30. The van der Waals surface area contributed by atoms with Gasteiger partial charge in [-0.25, -0.2) is 4.97 Å². The monoisotopic (exact) mass is 420 g/mol. The predicted molar refractivity (Wildman–Crippen MR) is 134 cm³/mol. The number of nitrogens with two attached hydrogens (primary N) is 1. The lowest BCUT2D eigenvalue weighted by atomic mass is 9.96. The second kappa shape index (κ2) is 11.9. The Labute approximate surface area is 183 Å². The molecule has 1 heterocycles. The highest BCUT2D eigenvalue weighted by Crippen LogP contribution is 2.19. The first kappa shape index (κ1) is 21.8. The van der Waals surface area contributed by atoms with E-state index in [0.717, 1.165) is 36.2 Å². The maximum Gasteiger partial charge on any atom is 0.351 e. The van der Waals surface area contributed by atoms with Gasteiger partial charge in [0.15, 0.2) is 5.75 Å². The van der Waals surface area contributed by atoms with Crippen LogP contribution >= 0.6 is 23.2 Å². The van der Waals surface area contributed by atoms with Crippen molar-refractivity contribution in [2.24, 2.45) is 5.73 Å². The third kappa shape index (κ3) is 6.81. The zero-order chi connectivity index (χ0) is 20.3. The summed E-state index contributed by atoms with van der Waals surface area (Å²) in [5.74, 6) is 3.67. The molecule has 4 rings (SSSR count). The first-order valence-corrected chi connectivity index (χ1v) is 12.1. The van der Waals surface area contributed by atoms with Crippen LogP contribution in [0.2, 0.25) is 0 Å². The highest BCUT2D eigenvalue weighted by atomic mass is 32.2. The van der Waals surface area contributed by atoms with E-state index in [2.05, 4.69) is 43.3 Å². The van der Waals surface area contributed by atoms with Crippen LogP contribution in [0.1, 0.15) is 6.92 Å². The minimum Gasteiger partial charge on any atom is -0.392 e. The van der Waals surface area contributed by atoms with Crippen molar-refractivity contribution >= 4 is 52.5 Å². The van der Waals surface area contributed by atoms with Gasteiger partial charge in [0.1, 0.15) is 0 Å². The lowest BCUT2D eigenvalue weighted by molar-refractivity contribution is 0.345. The molecule has 3 aromatic carbocycles. The molecule has 1 aliphatic heterocycles. The second-order valence-electron chi connectivity index (χ2n) is 6.41. The summed E-state index contributed by atoms with van der Waals surface area (Å²) in [6.07, 6.45) is 0. The number of para-hydroxylation sites is 2. The molecule has 0 spiro atoms. The van der Waals surface area contributed by atoms with Crippen LogP contribution in [0.25, 0.3) is 0 Å². The largest absolute Gasteiger partial charge is 0.392 e. The summed E-state index contributed by atoms with van der Waals surface area (Å²) in [6, 6.07) is 28.6. The first-order valence-electron chi connectivity index (χ1n) is 9.87. The third-order valence-corrected chi connectivity index (χ3v) is 6.43. The SMILES string of the molecule is CCSBN(Oc1ccccc1)c1ccccc1.NCCSB1c2ccccc21. The molecule has 1 aliphatic rings. The van der Waals surface area contributed by atoms with Gasteiger partial charge in [-0.3, -0.25) is 0 Å². The van der Waals surface area contributed by atoms with E-state index in [0.29, 0.717) is 5.99 Å². The summed E-state index contributed by atoms with van der Waals surface area (Å²) < 4.78 is 0. The average molecular weight is 420 g/mol. The Bertz CT molecular complexity index is 833. The Hall–Kier alpha value is -1.95. The number of hydrogen-bond acceptors (Lipinski definition) is 5. The zero-order valence-electron chi connectivity index (χ0n) is 16.7. The van der Waals surface area contributed by atoms with Crippen LogP contribution in [0.5, 0.6) is 5.75 Å². The fourth-order valence-corrected chi connectivity index (χ4v) is 4.46. The van der Waals surface area contributed by atoms with Crippen molar-refractivity contribution in [2.45, 2.75) is 6.92 Å². The molecule has 0 aliphatic carbocycles. The molecule has 0 amide bonds. The average Bonchev–Trinajstić information content (AvgIpc) is 3.50. The maximum absolute atomic E-state index is 5.92. The minimum atomic E-state index is 0.675. The van der Waals surface area contributed by atoms with E-state index in [9.17, 15) is 0 Å². The molecule has 29 heavy (non-hydrogen) atoms. The summed E-state index contributed by atoms with van der Waals surface area (Å²) in [5.41, 5.74) is 9.50. The molecule has 148 valence electrons. The molecule has 0 saturated heterocycles. The van der Waals surface area contributed by atoms with Gasteiger partial charge in [0.2, 0.25) is 0 Å². The van der Waals surface area contributed by atoms with Crippen molar-refractivity contribution in [3.05, 3.63) is 84.9 Å². The van der Waals surface area contributed by atoms with Crippen LogP contribution in [0.3, 0.4) is 0 Å². The number of nitrogens with zero attached hydrogens (tertiary/aromatic N) is 1. The van der Waals surface area contributed by atoms with E-state index in [1.165, 1.54) is 10.9 Å². The molecule has 2 N–H and O–H groups in total. The molecular formula is C22H26B2N2OS2. The van der Waals surface area contributed by atoms with Crippen molar-refractivity contribution in [1.82, 2.24) is 0 Å². The van der Waals surface area contributed by atoms with Crippen molar-refractivity contribution in [2.75, 3.05) is 23.0 Å². The standard InChI is InChI=1S/C14H16BNOS.C8H10BNS/c1-2-18-15-16(13-9-5-3-6-10-13)17-14-11-7-4-8-12-14;10-5-6-11-9-7-3-1-2-4-8(7)9/h3-12,15H,2H2,1H3;1-4H,5-6,10H2. The van der Waals surface area contributed by atoms with Gasteiger partial charge in [-0.15, -0.1) is 0 Å². The summed E-state index contributed by atoms with van der Waals surface area (Å²) >= 11 is 3.78. The van der Waals surface area contributed by atoms with Crippen LogP contribution < -0.4 is 26.5 Å². The number of rotatable bonds is 9. The molecule has 0 fully saturated rings. The lowest BCUT2D eigenvalue weighted by Crippen LogP contribution is -2.29. The van der Waals surface area contributed by atoms with Gasteiger partial charge in [-0.05, 0) is 35.8 Å². The summed E-state index contributed by atoms with van der Waals surface area (Å²) in [6.45, 7) is 3.75. The zero-order valence-corrected chi connectivity index (χ0v) is 18.4. The van der Waals surface area contributed by atoms with Gasteiger partial charge in [-0.2, -0.15) is 23.2 Å². The highest BCUT2D eigenvalue weighted by molar-refractivity contribution is 8.30. The smallest absolute Gasteiger partial charge is 0.351 e. The Balaban J connectivity index is 0.000000186. The predicted octanol–water partition coefficient (Wildman–Crippen LogP) is 3.30. The van der Waals surface area contributed by atoms with Gasteiger partial charge >= 0.3 is 6.69 Å². The van der Waals surface area contributed by atoms with Gasteiger partial charge in [0.25, 0.3) is 5.99 Å². The van der Waals surface area contributed by atoms with E-state index in [1.54, 1.807) is 0 Å². The van der Waals surface area contributed by atoms with Crippen molar-refractivity contribution in [3.63, 3.8) is 0 Å². The van der Waals surface area contributed by atoms with E-state index in [4.69, 9.17) is 10.6 Å². The Morgan fingerprint density at radius 1 is 0.897 bits per heavy atom. The number of anilines is 1. The van der Waals surface area contributed by atoms with E-state index in [1.807, 2.05) is 76.7 Å². The highest BCUT2D eigenvalue weighted by Gasteiger charge is 2.35. The number of hydrogen-bond donors (Lipinski definition) is 1. The molecular weight excluding hydrogens is 394 g/mol. The normalized spacial score (nSPS) is 11.0. The molecule has 3 aromatic rings. The minimum absolute atomic E-state index is 0.675. The summed E-state index contributed by atoms with van der Waals surface area (Å²) in [4.78, 5) is 7.84. The van der Waals surface area contributed by atoms with Gasteiger partial charge < -0.3 is 10.6 Å². The van der Waals surface area contributed by atoms with E-state index < -0.39 is 0 Å². The molecule has 3 nitrogen and oxygen atoms in total. The number of fused-ring (bicyclic) bond motifs is 1. The fourth-order valence-electron chi connectivity index (χ4n) is 2.82. The van der Waals surface area contributed by atoms with Crippen molar-refractivity contribution < 1.29 is 4.84 Å². The Kier molecular flexibility index (Phi) is 8.93. The van der Waals surface area contributed by atoms with Crippen molar-refractivity contribution in [3.8, 4) is 5.75 Å². The molecule has 0 saturated carbocycles. The molecule has 0 unspecified atom stereocenters. The maximum atomic E-state index is 5.92. The van der Waals surface area contributed by atoms with E-state index >= 15 is 0 Å². The topological polar surface area (TPSA) is 38.5 Å². The molecule has 0 radical (unpaired) electrons. The molecule has 0 aromatic heterocycles. The van der Waals surface area contributed by atoms with Gasteiger partial charge in [-0.1, -0.05) is 78.5 Å². The van der Waals surface area contributed by atoms with Crippen LogP contribution in [0.15, 0.2) is 84.9 Å². The fraction of sp³-hybridized carbons (Fsp3) is 0.182. The molecule has 0 atom stereocenters. The second-order valence-corrected chi connectivity index (χ2v) is 8.87. The first-order chi connectivity index (χ1) is 14.3. The molecule has 7 heteroatoms. The van der Waals surface area contributed by atoms with Gasteiger partial charge in [0, 0.05) is 6.54 Å². The van der Waals surface area contributed by atoms with Crippen LogP contribution in [-0.4, -0.2) is 30.7 Å². The van der Waals surface area contributed by atoms with Gasteiger partial charge in [0.05, 0.1) is 5.69 Å².